The lowest BCUT2D eigenvalue weighted by atomic mass is 10.3. The Morgan fingerprint density at radius 1 is 1.42 bits per heavy atom. The number of rotatable bonds is 4. The summed E-state index contributed by atoms with van der Waals surface area (Å²) >= 11 is 0. The summed E-state index contributed by atoms with van der Waals surface area (Å²) in [5, 5.41) is 10.5. The van der Waals surface area contributed by atoms with Crippen molar-refractivity contribution in [3.63, 3.8) is 0 Å². The van der Waals surface area contributed by atoms with Crippen LogP contribution in [0, 0.1) is 10.1 Å². The molecule has 1 aromatic heterocycles. The van der Waals surface area contributed by atoms with Crippen LogP contribution in [0.3, 0.4) is 0 Å². The van der Waals surface area contributed by atoms with Crippen molar-refractivity contribution in [3.8, 4) is 11.6 Å². The molecule has 0 radical (unpaired) electrons. The zero-order chi connectivity index (χ0) is 14.8. The van der Waals surface area contributed by atoms with Gasteiger partial charge in [-0.3, -0.25) is 10.1 Å². The molecule has 1 rings (SSSR count). The van der Waals surface area contributed by atoms with Crippen LogP contribution in [-0.4, -0.2) is 23.4 Å². The molecular weight excluding hydrogens is 283 g/mol. The van der Waals surface area contributed by atoms with E-state index in [1.807, 2.05) is 0 Å². The number of halogens is 5. The molecule has 11 heteroatoms. The third-order valence-corrected chi connectivity index (χ3v) is 1.79. The monoisotopic (exact) mass is 288 g/mol. The Hall–Kier alpha value is -2.20. The van der Waals surface area contributed by atoms with Crippen LogP contribution < -0.4 is 9.47 Å². The summed E-state index contributed by atoms with van der Waals surface area (Å²) in [5.74, 6) is -2.11. The van der Waals surface area contributed by atoms with E-state index in [0.717, 1.165) is 7.11 Å². The lowest BCUT2D eigenvalue weighted by Gasteiger charge is -2.12. The highest BCUT2D eigenvalue weighted by Gasteiger charge is 2.35. The molecule has 0 spiro atoms. The second kappa shape index (κ2) is 5.20. The maximum Gasteiger partial charge on any atom is 0.573 e. The van der Waals surface area contributed by atoms with Gasteiger partial charge in [-0.2, -0.15) is 0 Å². The van der Waals surface area contributed by atoms with Crippen molar-refractivity contribution < 1.29 is 36.3 Å². The van der Waals surface area contributed by atoms with E-state index in [2.05, 4.69) is 14.5 Å². The zero-order valence-corrected chi connectivity index (χ0v) is 9.07. The van der Waals surface area contributed by atoms with Crippen molar-refractivity contribution in [2.24, 2.45) is 0 Å². The summed E-state index contributed by atoms with van der Waals surface area (Å²) in [6.07, 6.45) is -8.52. The van der Waals surface area contributed by atoms with Gasteiger partial charge in [0.2, 0.25) is 0 Å². The Balaban J connectivity index is 3.40. The molecule has 0 unspecified atom stereocenters. The Morgan fingerprint density at radius 2 is 2.00 bits per heavy atom. The minimum Gasteiger partial charge on any atom is -0.478 e. The first-order valence-electron chi connectivity index (χ1n) is 4.43. The fraction of sp³-hybridized carbons (Fsp3) is 0.375. The lowest BCUT2D eigenvalue weighted by Crippen LogP contribution is -2.18. The van der Waals surface area contributed by atoms with Gasteiger partial charge in [-0.05, 0) is 0 Å². The minimum absolute atomic E-state index is 0.181. The van der Waals surface area contributed by atoms with Crippen LogP contribution in [0.4, 0.5) is 27.6 Å². The van der Waals surface area contributed by atoms with Crippen molar-refractivity contribution in [1.82, 2.24) is 4.98 Å². The third kappa shape index (κ3) is 3.63. The first kappa shape index (κ1) is 14.9. The molecule has 0 fully saturated rings. The Kier molecular flexibility index (Phi) is 4.07. The molecule has 1 heterocycles. The molecule has 0 bridgehead atoms. The summed E-state index contributed by atoms with van der Waals surface area (Å²) in [6.45, 7) is 0. The molecule has 0 aliphatic heterocycles. The summed E-state index contributed by atoms with van der Waals surface area (Å²) < 4.78 is 68.8. The van der Waals surface area contributed by atoms with E-state index in [1.54, 1.807) is 0 Å². The highest BCUT2D eigenvalue weighted by molar-refractivity contribution is 5.48. The second-order valence-corrected chi connectivity index (χ2v) is 3.01. The topological polar surface area (TPSA) is 74.5 Å². The van der Waals surface area contributed by atoms with Gasteiger partial charge in [0.15, 0.2) is 11.4 Å². The highest BCUT2D eigenvalue weighted by atomic mass is 19.4. The van der Waals surface area contributed by atoms with E-state index in [1.165, 1.54) is 0 Å². The van der Waals surface area contributed by atoms with Gasteiger partial charge in [-0.1, -0.05) is 0 Å². The molecule has 19 heavy (non-hydrogen) atoms. The van der Waals surface area contributed by atoms with Gasteiger partial charge in [-0.25, -0.2) is 13.8 Å². The fourth-order valence-electron chi connectivity index (χ4n) is 1.13. The molecule has 0 saturated carbocycles. The average molecular weight is 288 g/mol. The van der Waals surface area contributed by atoms with Crippen LogP contribution in [-0.2, 0) is 0 Å². The number of methoxy groups -OCH3 is 1. The largest absolute Gasteiger partial charge is 0.573 e. The fourth-order valence-corrected chi connectivity index (χ4v) is 1.13. The van der Waals surface area contributed by atoms with Gasteiger partial charge in [0.05, 0.1) is 18.1 Å². The number of alkyl halides is 5. The van der Waals surface area contributed by atoms with Crippen LogP contribution in [0.5, 0.6) is 11.6 Å². The number of nitrogens with zero attached hydrogens (tertiary/aromatic N) is 2. The van der Waals surface area contributed by atoms with Crippen LogP contribution >= 0.6 is 0 Å². The van der Waals surface area contributed by atoms with Crippen LogP contribution in [0.15, 0.2) is 6.07 Å². The summed E-state index contributed by atoms with van der Waals surface area (Å²) in [7, 11) is 0.854. The number of pyridine rings is 1. The van der Waals surface area contributed by atoms with Crippen LogP contribution in [0.25, 0.3) is 0 Å². The first-order valence-corrected chi connectivity index (χ1v) is 4.43. The quantitative estimate of drug-likeness (QED) is 0.484. The Morgan fingerprint density at radius 3 is 2.37 bits per heavy atom. The number of nitro groups is 1. The minimum atomic E-state index is -5.17. The maximum absolute atomic E-state index is 12.5. The van der Waals surface area contributed by atoms with Crippen molar-refractivity contribution in [2.75, 3.05) is 7.11 Å². The van der Waals surface area contributed by atoms with Crippen molar-refractivity contribution in [3.05, 3.63) is 21.9 Å². The third-order valence-electron chi connectivity index (χ3n) is 1.79. The van der Waals surface area contributed by atoms with E-state index in [4.69, 9.17) is 0 Å². The maximum atomic E-state index is 12.5. The summed E-state index contributed by atoms with van der Waals surface area (Å²) in [4.78, 5) is 12.2. The Labute approximate surface area is 101 Å². The van der Waals surface area contributed by atoms with Crippen molar-refractivity contribution >= 4 is 5.69 Å². The van der Waals surface area contributed by atoms with E-state index in [0.29, 0.717) is 0 Å². The normalized spacial score (nSPS) is 11.5. The number of ether oxygens (including phenoxy) is 2. The average Bonchev–Trinajstić information content (AvgIpc) is 2.25. The van der Waals surface area contributed by atoms with Gasteiger partial charge < -0.3 is 9.47 Å². The highest BCUT2D eigenvalue weighted by Crippen LogP contribution is 2.38. The van der Waals surface area contributed by atoms with Gasteiger partial charge in [0, 0.05) is 0 Å². The molecule has 0 aliphatic carbocycles. The predicted molar refractivity (Wildman–Crippen MR) is 49.1 cm³/mol. The molecule has 106 valence electrons. The lowest BCUT2D eigenvalue weighted by molar-refractivity contribution is -0.386. The van der Waals surface area contributed by atoms with Gasteiger partial charge in [-0.15, -0.1) is 13.2 Å². The molecule has 0 aromatic carbocycles. The SMILES string of the molecule is COc1nc(C(F)F)c([N+](=O)[O-])cc1OC(F)(F)F. The van der Waals surface area contributed by atoms with Gasteiger partial charge in [0.25, 0.3) is 12.3 Å². The smallest absolute Gasteiger partial charge is 0.478 e. The van der Waals surface area contributed by atoms with Crippen LogP contribution in [0.1, 0.15) is 12.1 Å². The summed E-state index contributed by atoms with van der Waals surface area (Å²) in [5.41, 5.74) is -2.61. The van der Waals surface area contributed by atoms with Crippen molar-refractivity contribution in [1.29, 1.82) is 0 Å². The summed E-state index contributed by atoms with van der Waals surface area (Å²) in [6, 6.07) is 0.181. The molecule has 0 atom stereocenters. The molecule has 6 nitrogen and oxygen atoms in total. The second-order valence-electron chi connectivity index (χ2n) is 3.01. The standard InChI is InChI=1S/C8H5F5N2O4/c1-18-7-4(19-8(11,12)13)2-3(15(16)17)5(14-7)6(9)10/h2,6H,1H3. The predicted octanol–water partition coefficient (Wildman–Crippen LogP) is 2.83. The van der Waals surface area contributed by atoms with E-state index < -0.39 is 40.7 Å². The number of hydrogen-bond donors (Lipinski definition) is 0. The van der Waals surface area contributed by atoms with Gasteiger partial charge in [0.1, 0.15) is 0 Å². The molecule has 0 N–H and O–H groups in total. The molecule has 0 aliphatic rings. The van der Waals surface area contributed by atoms with Gasteiger partial charge >= 0.3 is 12.0 Å². The first-order chi connectivity index (χ1) is 8.65. The molecule has 0 amide bonds. The molecular formula is C8H5F5N2O4. The van der Waals surface area contributed by atoms with E-state index >= 15 is 0 Å². The Bertz CT molecular complexity index is 491. The van der Waals surface area contributed by atoms with E-state index in [-0.39, 0.29) is 6.07 Å². The van der Waals surface area contributed by atoms with Crippen molar-refractivity contribution in [2.45, 2.75) is 12.8 Å². The number of hydrogen-bond acceptors (Lipinski definition) is 5. The van der Waals surface area contributed by atoms with E-state index in [9.17, 15) is 32.1 Å². The number of aromatic nitrogens is 1. The molecule has 0 saturated heterocycles. The van der Waals surface area contributed by atoms with Crippen LogP contribution in [0.2, 0.25) is 0 Å². The zero-order valence-electron chi connectivity index (χ0n) is 9.07. The molecule has 1 aromatic rings.